The van der Waals surface area contributed by atoms with Gasteiger partial charge in [0.1, 0.15) is 25.4 Å². The van der Waals surface area contributed by atoms with E-state index < -0.39 is 0 Å². The van der Waals surface area contributed by atoms with Crippen LogP contribution in [-0.2, 0) is 0 Å². The first-order valence-corrected chi connectivity index (χ1v) is 6.24. The maximum absolute atomic E-state index is 5.52. The number of nitrogens with zero attached hydrogens (tertiary/aromatic N) is 2. The molecule has 0 radical (unpaired) electrons. The molecule has 0 saturated carbocycles. The Kier molecular flexibility index (Phi) is 3.02. The van der Waals surface area contributed by atoms with Crippen molar-refractivity contribution in [3.63, 3.8) is 0 Å². The third kappa shape index (κ3) is 2.24. The third-order valence-corrected chi connectivity index (χ3v) is 3.05. The van der Waals surface area contributed by atoms with E-state index in [1.165, 1.54) is 6.33 Å². The van der Waals surface area contributed by atoms with Gasteiger partial charge in [-0.25, -0.2) is 9.97 Å². The number of benzene rings is 1. The Morgan fingerprint density at radius 3 is 2.83 bits per heavy atom. The second kappa shape index (κ2) is 4.81. The van der Waals surface area contributed by atoms with Crippen molar-refractivity contribution in [2.45, 2.75) is 0 Å². The van der Waals surface area contributed by atoms with Crippen molar-refractivity contribution in [2.24, 2.45) is 0 Å². The highest BCUT2D eigenvalue weighted by molar-refractivity contribution is 9.10. The number of hydrogen-bond donors (Lipinski definition) is 1. The standard InChI is InChI=1S/C12H10BrN3O2/c13-9-6-14-7-15-12(9)16-8-1-2-10-11(5-8)18-4-3-17-10/h1-2,5-7H,3-4H2,(H,14,15,16). The Bertz CT molecular complexity index is 577. The first-order valence-electron chi connectivity index (χ1n) is 5.45. The van der Waals surface area contributed by atoms with Crippen LogP contribution in [0.4, 0.5) is 11.5 Å². The Labute approximate surface area is 112 Å². The number of hydrogen-bond acceptors (Lipinski definition) is 5. The maximum atomic E-state index is 5.52. The van der Waals surface area contributed by atoms with Gasteiger partial charge < -0.3 is 14.8 Å². The van der Waals surface area contributed by atoms with Gasteiger partial charge in [0.15, 0.2) is 11.5 Å². The number of halogens is 1. The van der Waals surface area contributed by atoms with Crippen LogP contribution in [-0.4, -0.2) is 23.2 Å². The van der Waals surface area contributed by atoms with Gasteiger partial charge >= 0.3 is 0 Å². The summed E-state index contributed by atoms with van der Waals surface area (Å²) in [6.45, 7) is 1.17. The molecule has 0 atom stereocenters. The fraction of sp³-hybridized carbons (Fsp3) is 0.167. The minimum Gasteiger partial charge on any atom is -0.486 e. The number of fused-ring (bicyclic) bond motifs is 1. The highest BCUT2D eigenvalue weighted by atomic mass is 79.9. The van der Waals surface area contributed by atoms with Gasteiger partial charge in [-0.05, 0) is 28.1 Å². The monoisotopic (exact) mass is 307 g/mol. The van der Waals surface area contributed by atoms with Crippen molar-refractivity contribution in [1.82, 2.24) is 9.97 Å². The molecule has 0 fully saturated rings. The lowest BCUT2D eigenvalue weighted by atomic mass is 10.2. The lowest BCUT2D eigenvalue weighted by Gasteiger charge is -2.19. The summed E-state index contributed by atoms with van der Waals surface area (Å²) in [7, 11) is 0. The SMILES string of the molecule is Brc1cncnc1Nc1ccc2c(c1)OCCO2. The number of ether oxygens (including phenoxy) is 2. The smallest absolute Gasteiger partial charge is 0.163 e. The minimum absolute atomic E-state index is 0.577. The molecule has 0 saturated heterocycles. The average Bonchev–Trinajstić information content (AvgIpc) is 2.41. The molecule has 0 aliphatic carbocycles. The van der Waals surface area contributed by atoms with Crippen LogP contribution in [0.3, 0.4) is 0 Å². The van der Waals surface area contributed by atoms with Crippen molar-refractivity contribution in [2.75, 3.05) is 18.5 Å². The first-order chi connectivity index (χ1) is 8.83. The van der Waals surface area contributed by atoms with Crippen LogP contribution >= 0.6 is 15.9 Å². The fourth-order valence-electron chi connectivity index (χ4n) is 1.66. The van der Waals surface area contributed by atoms with E-state index in [1.54, 1.807) is 6.20 Å². The molecule has 3 rings (SSSR count). The van der Waals surface area contributed by atoms with E-state index in [1.807, 2.05) is 18.2 Å². The van der Waals surface area contributed by atoms with Gasteiger partial charge in [0.2, 0.25) is 0 Å². The highest BCUT2D eigenvalue weighted by Gasteiger charge is 2.12. The predicted octanol–water partition coefficient (Wildman–Crippen LogP) is 2.75. The van der Waals surface area contributed by atoms with Crippen LogP contribution in [0, 0.1) is 0 Å². The van der Waals surface area contributed by atoms with E-state index in [4.69, 9.17) is 9.47 Å². The number of anilines is 2. The summed E-state index contributed by atoms with van der Waals surface area (Å²) in [5.41, 5.74) is 0.888. The lowest BCUT2D eigenvalue weighted by Crippen LogP contribution is -2.15. The summed E-state index contributed by atoms with van der Waals surface area (Å²) in [5.74, 6) is 2.23. The van der Waals surface area contributed by atoms with Crippen molar-refractivity contribution in [1.29, 1.82) is 0 Å². The summed E-state index contributed by atoms with van der Waals surface area (Å²) in [5, 5.41) is 3.19. The minimum atomic E-state index is 0.577. The molecule has 92 valence electrons. The third-order valence-electron chi connectivity index (χ3n) is 2.47. The molecule has 2 aromatic rings. The number of aromatic nitrogens is 2. The van der Waals surface area contributed by atoms with E-state index in [0.29, 0.717) is 19.0 Å². The van der Waals surface area contributed by atoms with Gasteiger partial charge in [-0.1, -0.05) is 0 Å². The van der Waals surface area contributed by atoms with Crippen LogP contribution in [0.5, 0.6) is 11.5 Å². The number of nitrogens with one attached hydrogen (secondary N) is 1. The van der Waals surface area contributed by atoms with Gasteiger partial charge in [0, 0.05) is 18.0 Å². The molecular formula is C12H10BrN3O2. The van der Waals surface area contributed by atoms with Crippen LogP contribution in [0.2, 0.25) is 0 Å². The average molecular weight is 308 g/mol. The fourth-order valence-corrected chi connectivity index (χ4v) is 1.98. The summed E-state index contributed by atoms with van der Waals surface area (Å²) in [6.07, 6.45) is 3.18. The van der Waals surface area contributed by atoms with Crippen molar-refractivity contribution >= 4 is 27.4 Å². The molecule has 0 bridgehead atoms. The van der Waals surface area contributed by atoms with Gasteiger partial charge in [0.05, 0.1) is 4.47 Å². The normalized spacial score (nSPS) is 13.2. The Hall–Kier alpha value is -1.82. The van der Waals surface area contributed by atoms with E-state index in [2.05, 4.69) is 31.2 Å². The van der Waals surface area contributed by atoms with Gasteiger partial charge in [0.25, 0.3) is 0 Å². The molecule has 1 aromatic heterocycles. The lowest BCUT2D eigenvalue weighted by molar-refractivity contribution is 0.171. The van der Waals surface area contributed by atoms with Crippen LogP contribution in [0.1, 0.15) is 0 Å². The summed E-state index contributed by atoms with van der Waals surface area (Å²) < 4.78 is 11.8. The predicted molar refractivity (Wildman–Crippen MR) is 70.4 cm³/mol. The van der Waals surface area contributed by atoms with Crippen LogP contribution < -0.4 is 14.8 Å². The van der Waals surface area contributed by atoms with Gasteiger partial charge in [-0.15, -0.1) is 0 Å². The van der Waals surface area contributed by atoms with Crippen molar-refractivity contribution in [3.05, 3.63) is 35.2 Å². The Morgan fingerprint density at radius 2 is 2.00 bits per heavy atom. The zero-order valence-electron chi connectivity index (χ0n) is 9.39. The summed E-state index contributed by atoms with van der Waals surface area (Å²) in [6, 6.07) is 5.69. The van der Waals surface area contributed by atoms with Crippen molar-refractivity contribution < 1.29 is 9.47 Å². The van der Waals surface area contributed by atoms with Crippen LogP contribution in [0.25, 0.3) is 0 Å². The van der Waals surface area contributed by atoms with Crippen LogP contribution in [0.15, 0.2) is 35.2 Å². The molecular weight excluding hydrogens is 298 g/mol. The zero-order chi connectivity index (χ0) is 12.4. The van der Waals surface area contributed by atoms with E-state index in [0.717, 1.165) is 21.7 Å². The molecule has 1 aliphatic rings. The molecule has 0 spiro atoms. The molecule has 18 heavy (non-hydrogen) atoms. The molecule has 2 heterocycles. The topological polar surface area (TPSA) is 56.3 Å². The first kappa shape index (κ1) is 11.3. The maximum Gasteiger partial charge on any atom is 0.163 e. The Morgan fingerprint density at radius 1 is 1.17 bits per heavy atom. The summed E-state index contributed by atoms with van der Waals surface area (Å²) >= 11 is 3.39. The molecule has 1 aliphatic heterocycles. The van der Waals surface area contributed by atoms with E-state index >= 15 is 0 Å². The van der Waals surface area contributed by atoms with E-state index in [9.17, 15) is 0 Å². The van der Waals surface area contributed by atoms with Crippen molar-refractivity contribution in [3.8, 4) is 11.5 Å². The number of rotatable bonds is 2. The molecule has 1 N–H and O–H groups in total. The molecule has 6 heteroatoms. The highest BCUT2D eigenvalue weighted by Crippen LogP contribution is 2.34. The van der Waals surface area contributed by atoms with E-state index in [-0.39, 0.29) is 0 Å². The second-order valence-electron chi connectivity index (χ2n) is 3.70. The quantitative estimate of drug-likeness (QED) is 0.924. The molecule has 1 aromatic carbocycles. The summed E-state index contributed by atoms with van der Waals surface area (Å²) in [4.78, 5) is 8.06. The van der Waals surface area contributed by atoms with Gasteiger partial charge in [-0.2, -0.15) is 0 Å². The zero-order valence-corrected chi connectivity index (χ0v) is 11.0. The largest absolute Gasteiger partial charge is 0.486 e. The molecule has 0 amide bonds. The Balaban J connectivity index is 1.87. The van der Waals surface area contributed by atoms with Gasteiger partial charge in [-0.3, -0.25) is 0 Å². The molecule has 0 unspecified atom stereocenters. The second-order valence-corrected chi connectivity index (χ2v) is 4.56. The molecule has 5 nitrogen and oxygen atoms in total.